The first-order valence-corrected chi connectivity index (χ1v) is 7.86. The van der Waals surface area contributed by atoms with Gasteiger partial charge in [-0.2, -0.15) is 0 Å². The third-order valence-electron chi connectivity index (χ3n) is 3.19. The Labute approximate surface area is 131 Å². The van der Waals surface area contributed by atoms with Gasteiger partial charge in [0.15, 0.2) is 0 Å². The molecule has 0 aliphatic rings. The first-order chi connectivity index (χ1) is 10.5. The average Bonchev–Trinajstić information content (AvgIpc) is 2.93. The van der Waals surface area contributed by atoms with E-state index in [1.54, 1.807) is 18.3 Å². The number of hydrogen-bond acceptors (Lipinski definition) is 6. The highest BCUT2D eigenvalue weighted by molar-refractivity contribution is 7.18. The smallest absolute Gasteiger partial charge is 0.326 e. The predicted molar refractivity (Wildman–Crippen MR) is 85.1 cm³/mol. The van der Waals surface area contributed by atoms with E-state index in [0.717, 1.165) is 16.6 Å². The second kappa shape index (κ2) is 7.17. The molecule has 0 aliphatic heterocycles. The van der Waals surface area contributed by atoms with Gasteiger partial charge in [-0.25, -0.2) is 14.8 Å². The van der Waals surface area contributed by atoms with Crippen LogP contribution >= 0.6 is 11.3 Å². The van der Waals surface area contributed by atoms with Crippen molar-refractivity contribution in [1.82, 2.24) is 15.3 Å². The molecule has 1 amide bonds. The minimum absolute atomic E-state index is 0.0345. The lowest BCUT2D eigenvalue weighted by Gasteiger charge is -2.12. The van der Waals surface area contributed by atoms with Crippen LogP contribution in [0.25, 0.3) is 10.2 Å². The van der Waals surface area contributed by atoms with Crippen molar-refractivity contribution in [2.75, 3.05) is 11.9 Å². The molecule has 0 spiro atoms. The summed E-state index contributed by atoms with van der Waals surface area (Å²) < 4.78 is 0. The lowest BCUT2D eigenvalue weighted by atomic mass is 10.2. The number of carboxylic acid groups (broad SMARTS) is 1. The summed E-state index contributed by atoms with van der Waals surface area (Å²) in [7, 11) is 0. The Morgan fingerprint density at radius 1 is 1.36 bits per heavy atom. The largest absolute Gasteiger partial charge is 0.480 e. The number of aromatic nitrogens is 2. The standard InChI is InChI=1S/C14H18N4O3S/c1-3-8-5-9-12(16-7-17-13(9)22-8)15-6-11(19)18-10(4-2)14(20)21/h5,7,10H,3-4,6H2,1-2H3,(H,18,19)(H,20,21)(H,15,16,17). The van der Waals surface area contributed by atoms with Crippen molar-refractivity contribution >= 4 is 39.2 Å². The van der Waals surface area contributed by atoms with Gasteiger partial charge in [0.25, 0.3) is 0 Å². The third-order valence-corrected chi connectivity index (χ3v) is 4.37. The fourth-order valence-corrected chi connectivity index (χ4v) is 2.90. The van der Waals surface area contributed by atoms with Crippen LogP contribution in [-0.2, 0) is 16.0 Å². The highest BCUT2D eigenvalue weighted by Crippen LogP contribution is 2.28. The molecule has 2 aromatic heterocycles. The second-order valence-electron chi connectivity index (χ2n) is 4.73. The predicted octanol–water partition coefficient (Wildman–Crippen LogP) is 1.64. The summed E-state index contributed by atoms with van der Waals surface area (Å²) in [4.78, 5) is 33.1. The molecule has 8 heteroatoms. The van der Waals surface area contributed by atoms with Gasteiger partial charge < -0.3 is 15.7 Å². The van der Waals surface area contributed by atoms with E-state index >= 15 is 0 Å². The monoisotopic (exact) mass is 322 g/mol. The topological polar surface area (TPSA) is 104 Å². The van der Waals surface area contributed by atoms with E-state index in [4.69, 9.17) is 5.11 Å². The van der Waals surface area contributed by atoms with Crippen LogP contribution in [0.4, 0.5) is 5.82 Å². The molecule has 0 fully saturated rings. The van der Waals surface area contributed by atoms with Crippen LogP contribution in [0, 0.1) is 0 Å². The van der Waals surface area contributed by atoms with Crippen LogP contribution in [0.5, 0.6) is 0 Å². The molecule has 22 heavy (non-hydrogen) atoms. The third kappa shape index (κ3) is 3.70. The van der Waals surface area contributed by atoms with Crippen LogP contribution in [0.3, 0.4) is 0 Å². The molecule has 1 atom stereocenters. The van der Waals surface area contributed by atoms with E-state index in [2.05, 4.69) is 27.5 Å². The summed E-state index contributed by atoms with van der Waals surface area (Å²) in [5.74, 6) is -0.836. The number of rotatable bonds is 7. The lowest BCUT2D eigenvalue weighted by Crippen LogP contribution is -2.42. The van der Waals surface area contributed by atoms with E-state index < -0.39 is 12.0 Å². The molecule has 0 aromatic carbocycles. The fraction of sp³-hybridized carbons (Fsp3) is 0.429. The van der Waals surface area contributed by atoms with Crippen molar-refractivity contribution in [2.24, 2.45) is 0 Å². The number of amides is 1. The fourth-order valence-electron chi connectivity index (χ4n) is 1.97. The van der Waals surface area contributed by atoms with Gasteiger partial charge in [-0.3, -0.25) is 4.79 Å². The Morgan fingerprint density at radius 3 is 2.77 bits per heavy atom. The Balaban J connectivity index is 2.04. The summed E-state index contributed by atoms with van der Waals surface area (Å²) in [6.45, 7) is 3.74. The van der Waals surface area contributed by atoms with Crippen molar-refractivity contribution in [3.8, 4) is 0 Å². The van der Waals surface area contributed by atoms with Crippen molar-refractivity contribution in [1.29, 1.82) is 0 Å². The van der Waals surface area contributed by atoms with Crippen LogP contribution < -0.4 is 10.6 Å². The Kier molecular flexibility index (Phi) is 5.26. The Bertz CT molecular complexity index is 686. The van der Waals surface area contributed by atoms with Crippen LogP contribution in [-0.4, -0.2) is 39.5 Å². The molecule has 2 rings (SSSR count). The molecule has 118 valence electrons. The van der Waals surface area contributed by atoms with Gasteiger partial charge in [0.2, 0.25) is 5.91 Å². The summed E-state index contributed by atoms with van der Waals surface area (Å²) >= 11 is 1.59. The second-order valence-corrected chi connectivity index (χ2v) is 5.84. The SMILES string of the molecule is CCc1cc2c(NCC(=O)NC(CC)C(=O)O)ncnc2s1. The average molecular weight is 322 g/mol. The maximum absolute atomic E-state index is 11.8. The molecule has 0 saturated heterocycles. The van der Waals surface area contributed by atoms with Gasteiger partial charge in [-0.1, -0.05) is 13.8 Å². The summed E-state index contributed by atoms with van der Waals surface area (Å²) in [5, 5.41) is 15.2. The molecular weight excluding hydrogens is 304 g/mol. The maximum Gasteiger partial charge on any atom is 0.326 e. The quantitative estimate of drug-likeness (QED) is 0.716. The number of carboxylic acids is 1. The number of fused-ring (bicyclic) bond motifs is 1. The van der Waals surface area contributed by atoms with E-state index in [1.807, 2.05) is 6.07 Å². The maximum atomic E-state index is 11.8. The number of carbonyl (C=O) groups is 2. The van der Waals surface area contributed by atoms with Crippen molar-refractivity contribution in [3.05, 3.63) is 17.3 Å². The summed E-state index contributed by atoms with van der Waals surface area (Å²) in [6, 6.07) is 1.14. The number of aryl methyl sites for hydroxylation is 1. The molecule has 2 heterocycles. The molecular formula is C14H18N4O3S. The van der Waals surface area contributed by atoms with Gasteiger partial charge in [0.05, 0.1) is 11.9 Å². The number of anilines is 1. The number of thiophene rings is 1. The Morgan fingerprint density at radius 2 is 2.14 bits per heavy atom. The van der Waals surface area contributed by atoms with Crippen molar-refractivity contribution < 1.29 is 14.7 Å². The van der Waals surface area contributed by atoms with E-state index in [-0.39, 0.29) is 12.5 Å². The first kappa shape index (κ1) is 16.2. The molecule has 0 saturated carbocycles. The van der Waals surface area contributed by atoms with Crippen molar-refractivity contribution in [3.63, 3.8) is 0 Å². The van der Waals surface area contributed by atoms with Crippen LogP contribution in [0.1, 0.15) is 25.1 Å². The molecule has 7 nitrogen and oxygen atoms in total. The number of aliphatic carboxylic acids is 1. The van der Waals surface area contributed by atoms with Gasteiger partial charge >= 0.3 is 5.97 Å². The van der Waals surface area contributed by atoms with Crippen LogP contribution in [0.2, 0.25) is 0 Å². The van der Waals surface area contributed by atoms with Gasteiger partial charge in [-0.15, -0.1) is 11.3 Å². The minimum Gasteiger partial charge on any atom is -0.480 e. The highest BCUT2D eigenvalue weighted by Gasteiger charge is 2.17. The van der Waals surface area contributed by atoms with Crippen molar-refractivity contribution in [2.45, 2.75) is 32.7 Å². The van der Waals surface area contributed by atoms with Gasteiger partial charge in [-0.05, 0) is 18.9 Å². The van der Waals surface area contributed by atoms with E-state index in [1.165, 1.54) is 11.2 Å². The van der Waals surface area contributed by atoms with Crippen LogP contribution in [0.15, 0.2) is 12.4 Å². The number of nitrogens with one attached hydrogen (secondary N) is 2. The van der Waals surface area contributed by atoms with Gasteiger partial charge in [0, 0.05) is 4.88 Å². The zero-order chi connectivity index (χ0) is 16.1. The first-order valence-electron chi connectivity index (χ1n) is 7.04. The zero-order valence-corrected chi connectivity index (χ0v) is 13.2. The van der Waals surface area contributed by atoms with Gasteiger partial charge in [0.1, 0.15) is 23.0 Å². The number of nitrogens with zero attached hydrogens (tertiary/aromatic N) is 2. The van der Waals surface area contributed by atoms with E-state index in [9.17, 15) is 9.59 Å². The summed E-state index contributed by atoms with van der Waals surface area (Å²) in [5.41, 5.74) is 0. The Hall–Kier alpha value is -2.22. The summed E-state index contributed by atoms with van der Waals surface area (Å²) in [6.07, 6.45) is 2.70. The molecule has 1 unspecified atom stereocenters. The zero-order valence-electron chi connectivity index (χ0n) is 12.4. The molecule has 0 bridgehead atoms. The molecule has 0 aliphatic carbocycles. The number of hydrogen-bond donors (Lipinski definition) is 3. The van der Waals surface area contributed by atoms with E-state index in [0.29, 0.717) is 12.2 Å². The number of carbonyl (C=O) groups excluding carboxylic acids is 1. The molecule has 3 N–H and O–H groups in total. The molecule has 2 aromatic rings. The normalized spacial score (nSPS) is 12.1. The highest BCUT2D eigenvalue weighted by atomic mass is 32.1. The molecule has 0 radical (unpaired) electrons. The minimum atomic E-state index is -1.04. The lowest BCUT2D eigenvalue weighted by molar-refractivity contribution is -0.141.